The second-order valence-corrected chi connectivity index (χ2v) is 4.28. The first-order valence-electron chi connectivity index (χ1n) is 5.90. The van der Waals surface area contributed by atoms with Crippen molar-refractivity contribution in [1.29, 1.82) is 0 Å². The van der Waals surface area contributed by atoms with Crippen molar-refractivity contribution < 1.29 is 9.94 Å². The summed E-state index contributed by atoms with van der Waals surface area (Å²) in [7, 11) is 3.72. The van der Waals surface area contributed by atoms with Crippen LogP contribution in [0.2, 0.25) is 0 Å². The van der Waals surface area contributed by atoms with Gasteiger partial charge in [0.15, 0.2) is 5.84 Å². The van der Waals surface area contributed by atoms with Gasteiger partial charge in [0.05, 0.1) is 0 Å². The van der Waals surface area contributed by atoms with Crippen LogP contribution in [0.1, 0.15) is 18.9 Å². The number of hydrogen-bond acceptors (Lipinski definition) is 4. The first-order chi connectivity index (χ1) is 8.60. The number of hydrogen-bond donors (Lipinski definition) is 2. The summed E-state index contributed by atoms with van der Waals surface area (Å²) in [5.74, 6) is 0.120. The molecule has 100 valence electrons. The highest BCUT2D eigenvalue weighted by atomic mass is 16.5. The Morgan fingerprint density at radius 3 is 2.89 bits per heavy atom. The molecular weight excluding hydrogens is 230 g/mol. The fourth-order valence-electron chi connectivity index (χ4n) is 1.68. The maximum absolute atomic E-state index is 8.68. The Balaban J connectivity index is 2.82. The van der Waals surface area contributed by atoms with Gasteiger partial charge < -0.3 is 20.6 Å². The lowest BCUT2D eigenvalue weighted by Gasteiger charge is -2.27. The van der Waals surface area contributed by atoms with Crippen LogP contribution in [0.3, 0.4) is 0 Å². The molecule has 1 atom stereocenters. The lowest BCUT2D eigenvalue weighted by atomic mass is 10.1. The van der Waals surface area contributed by atoms with Gasteiger partial charge >= 0.3 is 0 Å². The van der Waals surface area contributed by atoms with Gasteiger partial charge in [0, 0.05) is 38.1 Å². The van der Waals surface area contributed by atoms with Crippen molar-refractivity contribution in [2.75, 3.05) is 25.7 Å². The van der Waals surface area contributed by atoms with Gasteiger partial charge in [0.2, 0.25) is 0 Å². The quantitative estimate of drug-likeness (QED) is 0.349. The SMILES string of the molecule is COCCC(C)N(C)c1cccc(/C(N)=N/O)c1. The highest BCUT2D eigenvalue weighted by molar-refractivity contribution is 5.97. The summed E-state index contributed by atoms with van der Waals surface area (Å²) >= 11 is 0. The van der Waals surface area contributed by atoms with E-state index in [4.69, 9.17) is 15.7 Å². The highest BCUT2D eigenvalue weighted by Gasteiger charge is 2.11. The number of oxime groups is 1. The zero-order valence-corrected chi connectivity index (χ0v) is 11.1. The Morgan fingerprint density at radius 1 is 1.56 bits per heavy atom. The fraction of sp³-hybridized carbons (Fsp3) is 0.462. The predicted molar refractivity (Wildman–Crippen MR) is 73.3 cm³/mol. The average Bonchev–Trinajstić information content (AvgIpc) is 2.43. The van der Waals surface area contributed by atoms with Gasteiger partial charge in [-0.2, -0.15) is 0 Å². The van der Waals surface area contributed by atoms with E-state index in [0.717, 1.165) is 18.7 Å². The van der Waals surface area contributed by atoms with Crippen LogP contribution in [-0.2, 0) is 4.74 Å². The Morgan fingerprint density at radius 2 is 2.28 bits per heavy atom. The maximum atomic E-state index is 8.68. The van der Waals surface area contributed by atoms with E-state index in [1.165, 1.54) is 0 Å². The molecule has 0 aromatic heterocycles. The molecule has 1 rings (SSSR count). The lowest BCUT2D eigenvalue weighted by Crippen LogP contribution is -2.30. The number of methoxy groups -OCH3 is 1. The summed E-state index contributed by atoms with van der Waals surface area (Å²) in [4.78, 5) is 2.15. The summed E-state index contributed by atoms with van der Waals surface area (Å²) < 4.78 is 5.08. The summed E-state index contributed by atoms with van der Waals surface area (Å²) in [6.07, 6.45) is 0.945. The van der Waals surface area contributed by atoms with Gasteiger partial charge in [-0.3, -0.25) is 0 Å². The molecule has 0 aliphatic carbocycles. The van der Waals surface area contributed by atoms with Gasteiger partial charge in [-0.25, -0.2) is 0 Å². The summed E-state index contributed by atoms with van der Waals surface area (Å²) in [6.45, 7) is 2.86. The Hall–Kier alpha value is -1.75. The molecule has 5 heteroatoms. The van der Waals surface area contributed by atoms with Crippen molar-refractivity contribution in [1.82, 2.24) is 0 Å². The maximum Gasteiger partial charge on any atom is 0.170 e. The third kappa shape index (κ3) is 3.63. The molecule has 0 aliphatic rings. The minimum absolute atomic E-state index is 0.120. The smallest absolute Gasteiger partial charge is 0.170 e. The number of rotatable bonds is 6. The Labute approximate surface area is 108 Å². The van der Waals surface area contributed by atoms with E-state index >= 15 is 0 Å². The van der Waals surface area contributed by atoms with E-state index < -0.39 is 0 Å². The largest absolute Gasteiger partial charge is 0.409 e. The van der Waals surface area contributed by atoms with E-state index in [1.807, 2.05) is 31.3 Å². The number of amidine groups is 1. The van der Waals surface area contributed by atoms with Crippen LogP contribution in [0.4, 0.5) is 5.69 Å². The second-order valence-electron chi connectivity index (χ2n) is 4.28. The van der Waals surface area contributed by atoms with Crippen molar-refractivity contribution in [3.63, 3.8) is 0 Å². The lowest BCUT2D eigenvalue weighted by molar-refractivity contribution is 0.189. The van der Waals surface area contributed by atoms with Gasteiger partial charge in [0.1, 0.15) is 0 Å². The zero-order chi connectivity index (χ0) is 13.5. The fourth-order valence-corrected chi connectivity index (χ4v) is 1.68. The van der Waals surface area contributed by atoms with E-state index in [2.05, 4.69) is 17.0 Å². The van der Waals surface area contributed by atoms with Gasteiger partial charge in [-0.1, -0.05) is 17.3 Å². The third-order valence-corrected chi connectivity index (χ3v) is 3.06. The molecule has 1 aromatic carbocycles. The van der Waals surface area contributed by atoms with E-state index in [-0.39, 0.29) is 5.84 Å². The predicted octanol–water partition coefficient (Wildman–Crippen LogP) is 1.64. The number of anilines is 1. The van der Waals surface area contributed by atoms with Crippen LogP contribution in [-0.4, -0.2) is 37.8 Å². The van der Waals surface area contributed by atoms with Crippen molar-refractivity contribution in [3.8, 4) is 0 Å². The van der Waals surface area contributed by atoms with Crippen LogP contribution < -0.4 is 10.6 Å². The van der Waals surface area contributed by atoms with Gasteiger partial charge in [0.25, 0.3) is 0 Å². The van der Waals surface area contributed by atoms with E-state index in [1.54, 1.807) is 7.11 Å². The van der Waals surface area contributed by atoms with Gasteiger partial charge in [-0.05, 0) is 25.5 Å². The first kappa shape index (κ1) is 14.3. The van der Waals surface area contributed by atoms with Crippen LogP contribution in [0.15, 0.2) is 29.4 Å². The van der Waals surface area contributed by atoms with E-state index in [0.29, 0.717) is 11.6 Å². The molecule has 0 aliphatic heterocycles. The Kier molecular flexibility index (Phi) is 5.45. The third-order valence-electron chi connectivity index (χ3n) is 3.06. The van der Waals surface area contributed by atoms with Gasteiger partial charge in [-0.15, -0.1) is 0 Å². The minimum Gasteiger partial charge on any atom is -0.409 e. The number of ether oxygens (including phenoxy) is 1. The monoisotopic (exact) mass is 251 g/mol. The molecule has 0 heterocycles. The summed E-state index contributed by atoms with van der Waals surface area (Å²) in [5, 5.41) is 11.7. The molecular formula is C13H21N3O2. The van der Waals surface area contributed by atoms with Crippen LogP contribution in [0.25, 0.3) is 0 Å². The number of nitrogens with two attached hydrogens (primary N) is 1. The highest BCUT2D eigenvalue weighted by Crippen LogP contribution is 2.18. The van der Waals surface area contributed by atoms with Crippen LogP contribution in [0, 0.1) is 0 Å². The second kappa shape index (κ2) is 6.86. The molecule has 0 saturated carbocycles. The zero-order valence-electron chi connectivity index (χ0n) is 11.1. The van der Waals surface area contributed by atoms with Crippen molar-refractivity contribution in [2.24, 2.45) is 10.9 Å². The molecule has 5 nitrogen and oxygen atoms in total. The molecule has 3 N–H and O–H groups in total. The van der Waals surface area contributed by atoms with Crippen molar-refractivity contribution in [3.05, 3.63) is 29.8 Å². The molecule has 0 fully saturated rings. The Bertz CT molecular complexity index is 407. The summed E-state index contributed by atoms with van der Waals surface area (Å²) in [5.41, 5.74) is 7.32. The van der Waals surface area contributed by atoms with Crippen molar-refractivity contribution in [2.45, 2.75) is 19.4 Å². The first-order valence-corrected chi connectivity index (χ1v) is 5.90. The standard InChI is InChI=1S/C13H21N3O2/c1-10(7-8-18-3)16(2)12-6-4-5-11(9-12)13(14)15-17/h4-6,9-10,17H,7-8H2,1-3H3,(H2,14,15). The molecule has 0 amide bonds. The normalized spacial score (nSPS) is 13.4. The van der Waals surface area contributed by atoms with E-state index in [9.17, 15) is 0 Å². The van der Waals surface area contributed by atoms with Crippen molar-refractivity contribution >= 4 is 11.5 Å². The molecule has 1 unspecified atom stereocenters. The molecule has 0 radical (unpaired) electrons. The molecule has 18 heavy (non-hydrogen) atoms. The molecule has 0 saturated heterocycles. The average molecular weight is 251 g/mol. The molecule has 1 aromatic rings. The molecule has 0 bridgehead atoms. The molecule has 0 spiro atoms. The summed E-state index contributed by atoms with van der Waals surface area (Å²) in [6, 6.07) is 7.96. The van der Waals surface area contributed by atoms with Crippen LogP contribution >= 0.6 is 0 Å². The topological polar surface area (TPSA) is 71.1 Å². The minimum atomic E-state index is 0.120. The number of nitrogens with zero attached hydrogens (tertiary/aromatic N) is 2. The van der Waals surface area contributed by atoms with Crippen LogP contribution in [0.5, 0.6) is 0 Å². The number of benzene rings is 1.